The number of carbonyl (C=O) groups excluding carboxylic acids is 1. The van der Waals surface area contributed by atoms with Crippen molar-refractivity contribution >= 4 is 5.91 Å². The van der Waals surface area contributed by atoms with Gasteiger partial charge < -0.3 is 15.2 Å². The summed E-state index contributed by atoms with van der Waals surface area (Å²) in [5.74, 6) is 0.0658. The van der Waals surface area contributed by atoms with Gasteiger partial charge in [0.05, 0.1) is 12.7 Å². The van der Waals surface area contributed by atoms with E-state index in [0.717, 1.165) is 12.8 Å². The lowest BCUT2D eigenvalue weighted by Gasteiger charge is -2.14. The van der Waals surface area contributed by atoms with Crippen LogP contribution < -0.4 is 5.32 Å². The van der Waals surface area contributed by atoms with E-state index in [2.05, 4.69) is 12.2 Å². The van der Waals surface area contributed by atoms with Gasteiger partial charge in [0.25, 0.3) is 0 Å². The van der Waals surface area contributed by atoms with Crippen LogP contribution in [0.1, 0.15) is 78.1 Å². The summed E-state index contributed by atoms with van der Waals surface area (Å²) >= 11 is 0. The maximum absolute atomic E-state index is 11.6. The minimum absolute atomic E-state index is 0.0495. The van der Waals surface area contributed by atoms with Crippen LogP contribution in [-0.4, -0.2) is 36.9 Å². The maximum atomic E-state index is 11.6. The van der Waals surface area contributed by atoms with Crippen molar-refractivity contribution in [3.05, 3.63) is 0 Å². The molecule has 0 spiro atoms. The fraction of sp³-hybridized carbons (Fsp3) is 0.941. The zero-order valence-electron chi connectivity index (χ0n) is 14.0. The van der Waals surface area contributed by atoms with Gasteiger partial charge in [-0.15, -0.1) is 0 Å². The van der Waals surface area contributed by atoms with Crippen LogP contribution in [0.25, 0.3) is 0 Å². The topological polar surface area (TPSA) is 58.6 Å². The highest BCUT2D eigenvalue weighted by Gasteiger charge is 2.08. The predicted molar refractivity (Wildman–Crippen MR) is 87.4 cm³/mol. The van der Waals surface area contributed by atoms with E-state index in [0.29, 0.717) is 19.6 Å². The first-order chi connectivity index (χ1) is 10.2. The number of amides is 1. The molecule has 1 amide bonds. The molecule has 126 valence electrons. The summed E-state index contributed by atoms with van der Waals surface area (Å²) in [5.41, 5.74) is 0. The molecule has 0 aromatic heterocycles. The van der Waals surface area contributed by atoms with Crippen molar-refractivity contribution < 1.29 is 14.6 Å². The molecule has 1 atom stereocenters. The molecule has 0 fully saturated rings. The Morgan fingerprint density at radius 3 is 2.10 bits per heavy atom. The third-order valence-corrected chi connectivity index (χ3v) is 3.64. The fourth-order valence-electron chi connectivity index (χ4n) is 2.32. The Labute approximate surface area is 130 Å². The zero-order valence-corrected chi connectivity index (χ0v) is 14.0. The Morgan fingerprint density at radius 1 is 1.00 bits per heavy atom. The van der Waals surface area contributed by atoms with E-state index in [4.69, 9.17) is 9.84 Å². The third-order valence-electron chi connectivity index (χ3n) is 3.64. The third kappa shape index (κ3) is 14.1. The minimum Gasteiger partial charge on any atom is -0.394 e. The van der Waals surface area contributed by atoms with E-state index in [-0.39, 0.29) is 18.6 Å². The lowest BCUT2D eigenvalue weighted by atomic mass is 10.1. The normalized spacial score (nSPS) is 12.3. The minimum atomic E-state index is -0.276. The standard InChI is InChI=1S/C17H35NO3/c1-3-5-6-7-8-9-10-11-12-13-17(20)18-14-16(15-19)21-4-2/h16,19H,3-15H2,1-2H3,(H,18,20)/t16-/m1/s1. The van der Waals surface area contributed by atoms with E-state index in [1.54, 1.807) is 0 Å². The average molecular weight is 301 g/mol. The highest BCUT2D eigenvalue weighted by molar-refractivity contribution is 5.75. The molecule has 0 rings (SSSR count). The van der Waals surface area contributed by atoms with Crippen LogP contribution in [0, 0.1) is 0 Å². The van der Waals surface area contributed by atoms with Gasteiger partial charge >= 0.3 is 0 Å². The smallest absolute Gasteiger partial charge is 0.220 e. The van der Waals surface area contributed by atoms with Crippen LogP contribution in [0.15, 0.2) is 0 Å². The van der Waals surface area contributed by atoms with Crippen LogP contribution in [0.2, 0.25) is 0 Å². The molecule has 0 aromatic rings. The van der Waals surface area contributed by atoms with Crippen LogP contribution in [0.5, 0.6) is 0 Å². The van der Waals surface area contributed by atoms with Crippen molar-refractivity contribution in [1.29, 1.82) is 0 Å². The molecule has 0 unspecified atom stereocenters. The number of ether oxygens (including phenoxy) is 1. The van der Waals surface area contributed by atoms with Crippen LogP contribution in [0.4, 0.5) is 0 Å². The molecular formula is C17H35NO3. The summed E-state index contributed by atoms with van der Waals surface area (Å²) < 4.78 is 5.27. The van der Waals surface area contributed by atoms with E-state index in [1.807, 2.05) is 6.92 Å². The fourth-order valence-corrected chi connectivity index (χ4v) is 2.32. The number of carbonyl (C=O) groups is 1. The number of unbranched alkanes of at least 4 members (excludes halogenated alkanes) is 8. The van der Waals surface area contributed by atoms with Gasteiger partial charge in [0, 0.05) is 19.6 Å². The summed E-state index contributed by atoms with van der Waals surface area (Å²) in [5, 5.41) is 11.9. The number of aliphatic hydroxyl groups is 1. The molecule has 4 nitrogen and oxygen atoms in total. The van der Waals surface area contributed by atoms with Gasteiger partial charge in [-0.1, -0.05) is 58.3 Å². The van der Waals surface area contributed by atoms with E-state index in [9.17, 15) is 4.79 Å². The quantitative estimate of drug-likeness (QED) is 0.456. The summed E-state index contributed by atoms with van der Waals surface area (Å²) in [6.07, 6.45) is 11.6. The number of aliphatic hydroxyl groups excluding tert-OH is 1. The predicted octanol–water partition coefficient (Wildman–Crippen LogP) is 3.42. The van der Waals surface area contributed by atoms with Crippen molar-refractivity contribution in [1.82, 2.24) is 5.32 Å². The molecule has 0 aliphatic carbocycles. The van der Waals surface area contributed by atoms with E-state index in [1.165, 1.54) is 44.9 Å². The molecule has 21 heavy (non-hydrogen) atoms. The number of nitrogens with one attached hydrogen (secondary N) is 1. The van der Waals surface area contributed by atoms with Crippen LogP contribution >= 0.6 is 0 Å². The lowest BCUT2D eigenvalue weighted by Crippen LogP contribution is -2.35. The maximum Gasteiger partial charge on any atom is 0.220 e. The van der Waals surface area contributed by atoms with Gasteiger partial charge in [-0.05, 0) is 13.3 Å². The molecule has 0 saturated carbocycles. The molecule has 0 aliphatic rings. The molecule has 0 heterocycles. The Kier molecular flexibility index (Phi) is 15.3. The summed E-state index contributed by atoms with van der Waals surface area (Å²) in [6.45, 7) is 5.03. The van der Waals surface area contributed by atoms with E-state index >= 15 is 0 Å². The average Bonchev–Trinajstić information content (AvgIpc) is 2.49. The summed E-state index contributed by atoms with van der Waals surface area (Å²) in [6, 6.07) is 0. The van der Waals surface area contributed by atoms with Crippen LogP contribution in [0.3, 0.4) is 0 Å². The van der Waals surface area contributed by atoms with Gasteiger partial charge in [-0.3, -0.25) is 4.79 Å². The van der Waals surface area contributed by atoms with Crippen molar-refractivity contribution in [3.8, 4) is 0 Å². The van der Waals surface area contributed by atoms with Crippen molar-refractivity contribution in [3.63, 3.8) is 0 Å². The number of rotatable bonds is 15. The first-order valence-electron chi connectivity index (χ1n) is 8.73. The molecule has 0 aromatic carbocycles. The lowest BCUT2D eigenvalue weighted by molar-refractivity contribution is -0.122. The largest absolute Gasteiger partial charge is 0.394 e. The van der Waals surface area contributed by atoms with Gasteiger partial charge in [0.2, 0.25) is 5.91 Å². The van der Waals surface area contributed by atoms with Gasteiger partial charge in [-0.2, -0.15) is 0 Å². The first kappa shape index (κ1) is 20.4. The molecule has 0 saturated heterocycles. The van der Waals surface area contributed by atoms with Gasteiger partial charge in [0.1, 0.15) is 0 Å². The Morgan fingerprint density at radius 2 is 1.57 bits per heavy atom. The Hall–Kier alpha value is -0.610. The molecule has 0 bridgehead atoms. The summed E-state index contributed by atoms with van der Waals surface area (Å²) in [4.78, 5) is 11.6. The van der Waals surface area contributed by atoms with Crippen molar-refractivity contribution in [2.75, 3.05) is 19.8 Å². The first-order valence-corrected chi connectivity index (χ1v) is 8.73. The second-order valence-electron chi connectivity index (χ2n) is 5.64. The molecule has 0 radical (unpaired) electrons. The van der Waals surface area contributed by atoms with Gasteiger partial charge in [0.15, 0.2) is 0 Å². The zero-order chi connectivity index (χ0) is 15.8. The highest BCUT2D eigenvalue weighted by Crippen LogP contribution is 2.10. The summed E-state index contributed by atoms with van der Waals surface area (Å²) in [7, 11) is 0. The monoisotopic (exact) mass is 301 g/mol. The van der Waals surface area contributed by atoms with Crippen LogP contribution in [-0.2, 0) is 9.53 Å². The Balaban J connectivity index is 3.33. The Bertz CT molecular complexity index is 234. The number of hydrogen-bond donors (Lipinski definition) is 2. The highest BCUT2D eigenvalue weighted by atomic mass is 16.5. The van der Waals surface area contributed by atoms with E-state index < -0.39 is 0 Å². The molecule has 2 N–H and O–H groups in total. The molecular weight excluding hydrogens is 266 g/mol. The number of hydrogen-bond acceptors (Lipinski definition) is 3. The van der Waals surface area contributed by atoms with Gasteiger partial charge in [-0.25, -0.2) is 0 Å². The molecule has 4 heteroatoms. The SMILES string of the molecule is CCCCCCCCCCCC(=O)NC[C@H](CO)OCC. The van der Waals surface area contributed by atoms with Crippen molar-refractivity contribution in [2.24, 2.45) is 0 Å². The second-order valence-corrected chi connectivity index (χ2v) is 5.64. The second kappa shape index (κ2) is 15.8. The molecule has 0 aliphatic heterocycles. The van der Waals surface area contributed by atoms with Crippen molar-refractivity contribution in [2.45, 2.75) is 84.2 Å².